The topological polar surface area (TPSA) is 78.0 Å². The molecule has 102 valence electrons. The molecule has 1 fully saturated rings. The molecular weight excluding hydrogens is 230 g/mol. The van der Waals surface area contributed by atoms with E-state index in [-0.39, 0.29) is 6.04 Å². The van der Waals surface area contributed by atoms with Crippen molar-refractivity contribution >= 4 is 0 Å². The van der Waals surface area contributed by atoms with Crippen LogP contribution in [0.25, 0.3) is 0 Å². The average molecular weight is 253 g/mol. The number of aryl methyl sites for hydroxylation is 1. The van der Waals surface area contributed by atoms with Crippen LogP contribution in [-0.2, 0) is 17.7 Å². The Hall–Kier alpha value is -0.980. The smallest absolute Gasteiger partial charge is 0.138 e. The fourth-order valence-electron chi connectivity index (χ4n) is 2.45. The summed E-state index contributed by atoms with van der Waals surface area (Å²) in [5.74, 6) is 7.28. The Morgan fingerprint density at radius 2 is 2.56 bits per heavy atom. The maximum atomic E-state index is 5.64. The van der Waals surface area contributed by atoms with Gasteiger partial charge in [-0.2, -0.15) is 5.10 Å². The molecule has 2 rings (SSSR count). The predicted octanol–water partition coefficient (Wildman–Crippen LogP) is 0.489. The second-order valence-corrected chi connectivity index (χ2v) is 4.93. The fraction of sp³-hybridized carbons (Fsp3) is 0.833. The molecule has 1 aromatic heterocycles. The molecule has 0 aromatic carbocycles. The van der Waals surface area contributed by atoms with Gasteiger partial charge >= 0.3 is 0 Å². The number of hydrogen-bond donors (Lipinski definition) is 2. The molecule has 6 heteroatoms. The quantitative estimate of drug-likeness (QED) is 0.546. The zero-order chi connectivity index (χ0) is 12.8. The number of nitrogens with two attached hydrogens (primary N) is 1. The molecule has 0 radical (unpaired) electrons. The summed E-state index contributed by atoms with van der Waals surface area (Å²) in [5, 5.41) is 4.24. The summed E-state index contributed by atoms with van der Waals surface area (Å²) in [6.07, 6.45) is 5.69. The van der Waals surface area contributed by atoms with Gasteiger partial charge in [0.15, 0.2) is 0 Å². The third-order valence-electron chi connectivity index (χ3n) is 3.44. The number of rotatable bonds is 7. The van der Waals surface area contributed by atoms with Crippen LogP contribution in [0.5, 0.6) is 0 Å². The summed E-state index contributed by atoms with van der Waals surface area (Å²) in [6, 6.07) is 0.247. The molecule has 0 bridgehead atoms. The molecule has 2 unspecified atom stereocenters. The van der Waals surface area contributed by atoms with Crippen LogP contribution in [0.1, 0.15) is 32.0 Å². The number of nitrogens with one attached hydrogen (secondary N) is 1. The van der Waals surface area contributed by atoms with E-state index in [0.29, 0.717) is 5.92 Å². The van der Waals surface area contributed by atoms with E-state index in [1.807, 2.05) is 4.68 Å². The zero-order valence-electron chi connectivity index (χ0n) is 11.0. The van der Waals surface area contributed by atoms with Crippen molar-refractivity contribution in [2.24, 2.45) is 11.8 Å². The van der Waals surface area contributed by atoms with Crippen LogP contribution in [0, 0.1) is 5.92 Å². The monoisotopic (exact) mass is 253 g/mol. The van der Waals surface area contributed by atoms with Crippen molar-refractivity contribution in [3.63, 3.8) is 0 Å². The fourth-order valence-corrected chi connectivity index (χ4v) is 2.45. The van der Waals surface area contributed by atoms with Gasteiger partial charge in [0, 0.05) is 32.2 Å². The van der Waals surface area contributed by atoms with Crippen molar-refractivity contribution in [2.45, 2.75) is 45.2 Å². The van der Waals surface area contributed by atoms with Crippen molar-refractivity contribution < 1.29 is 4.74 Å². The second-order valence-electron chi connectivity index (χ2n) is 4.93. The number of hydrogen-bond acceptors (Lipinski definition) is 5. The van der Waals surface area contributed by atoms with Gasteiger partial charge in [0.1, 0.15) is 12.2 Å². The summed E-state index contributed by atoms with van der Waals surface area (Å²) in [7, 11) is 0. The Balaban J connectivity index is 1.89. The molecule has 18 heavy (non-hydrogen) atoms. The van der Waals surface area contributed by atoms with E-state index < -0.39 is 0 Å². The van der Waals surface area contributed by atoms with Gasteiger partial charge in [0.2, 0.25) is 0 Å². The number of aromatic nitrogens is 3. The van der Waals surface area contributed by atoms with Gasteiger partial charge in [-0.1, -0.05) is 6.92 Å². The number of ether oxygens (including phenoxy) is 1. The molecular formula is C12H23N5O. The van der Waals surface area contributed by atoms with Crippen molar-refractivity contribution in [3.8, 4) is 0 Å². The Kier molecular flexibility index (Phi) is 5.10. The first kappa shape index (κ1) is 13.5. The van der Waals surface area contributed by atoms with Crippen LogP contribution in [0.15, 0.2) is 6.33 Å². The van der Waals surface area contributed by atoms with Gasteiger partial charge in [-0.3, -0.25) is 16.0 Å². The molecule has 1 aliphatic heterocycles. The van der Waals surface area contributed by atoms with E-state index in [0.717, 1.165) is 51.3 Å². The number of nitrogens with zero attached hydrogens (tertiary/aromatic N) is 3. The Morgan fingerprint density at radius 3 is 3.22 bits per heavy atom. The van der Waals surface area contributed by atoms with Gasteiger partial charge in [-0.25, -0.2) is 4.98 Å². The lowest BCUT2D eigenvalue weighted by atomic mass is 9.97. The van der Waals surface area contributed by atoms with Gasteiger partial charge in [0.25, 0.3) is 0 Å². The van der Waals surface area contributed by atoms with E-state index in [1.54, 1.807) is 6.33 Å². The highest BCUT2D eigenvalue weighted by atomic mass is 16.5. The predicted molar refractivity (Wildman–Crippen MR) is 68.7 cm³/mol. The van der Waals surface area contributed by atoms with Gasteiger partial charge in [0.05, 0.1) is 0 Å². The SMILES string of the molecule is CCCn1ncnc1CC(CC1CCOC1)NN. The second kappa shape index (κ2) is 6.82. The van der Waals surface area contributed by atoms with E-state index in [4.69, 9.17) is 10.6 Å². The van der Waals surface area contributed by atoms with Gasteiger partial charge in [-0.05, 0) is 25.2 Å². The van der Waals surface area contributed by atoms with Crippen LogP contribution < -0.4 is 11.3 Å². The lowest BCUT2D eigenvalue weighted by molar-refractivity contribution is 0.181. The molecule has 0 saturated carbocycles. The summed E-state index contributed by atoms with van der Waals surface area (Å²) in [5.41, 5.74) is 2.90. The molecule has 6 nitrogen and oxygen atoms in total. The Bertz CT molecular complexity index is 348. The highest BCUT2D eigenvalue weighted by Gasteiger charge is 2.21. The van der Waals surface area contributed by atoms with E-state index in [2.05, 4.69) is 22.4 Å². The zero-order valence-corrected chi connectivity index (χ0v) is 11.0. The Labute approximate surface area is 108 Å². The minimum atomic E-state index is 0.247. The van der Waals surface area contributed by atoms with Crippen LogP contribution in [0.4, 0.5) is 0 Å². The van der Waals surface area contributed by atoms with Crippen LogP contribution in [-0.4, -0.2) is 34.0 Å². The van der Waals surface area contributed by atoms with E-state index in [9.17, 15) is 0 Å². The molecule has 1 saturated heterocycles. The largest absolute Gasteiger partial charge is 0.381 e. The first-order chi connectivity index (χ1) is 8.83. The third-order valence-corrected chi connectivity index (χ3v) is 3.44. The minimum absolute atomic E-state index is 0.247. The lowest BCUT2D eigenvalue weighted by Gasteiger charge is -2.18. The van der Waals surface area contributed by atoms with Crippen LogP contribution >= 0.6 is 0 Å². The van der Waals surface area contributed by atoms with E-state index >= 15 is 0 Å². The molecule has 1 aliphatic rings. The van der Waals surface area contributed by atoms with Crippen molar-refractivity contribution in [1.82, 2.24) is 20.2 Å². The number of hydrazine groups is 1. The molecule has 0 spiro atoms. The van der Waals surface area contributed by atoms with Crippen LogP contribution in [0.2, 0.25) is 0 Å². The van der Waals surface area contributed by atoms with E-state index in [1.165, 1.54) is 0 Å². The first-order valence-electron chi connectivity index (χ1n) is 6.74. The maximum Gasteiger partial charge on any atom is 0.138 e. The average Bonchev–Trinajstić information content (AvgIpc) is 3.01. The first-order valence-corrected chi connectivity index (χ1v) is 6.74. The van der Waals surface area contributed by atoms with Crippen molar-refractivity contribution in [2.75, 3.05) is 13.2 Å². The highest BCUT2D eigenvalue weighted by Crippen LogP contribution is 2.19. The maximum absolute atomic E-state index is 5.64. The van der Waals surface area contributed by atoms with Crippen molar-refractivity contribution in [1.29, 1.82) is 0 Å². The normalized spacial score (nSPS) is 21.3. The minimum Gasteiger partial charge on any atom is -0.381 e. The summed E-state index contributed by atoms with van der Waals surface area (Å²) >= 11 is 0. The summed E-state index contributed by atoms with van der Waals surface area (Å²) < 4.78 is 7.37. The third kappa shape index (κ3) is 3.51. The van der Waals surface area contributed by atoms with Gasteiger partial charge < -0.3 is 4.74 Å². The Morgan fingerprint density at radius 1 is 1.67 bits per heavy atom. The van der Waals surface area contributed by atoms with Crippen molar-refractivity contribution in [3.05, 3.63) is 12.2 Å². The highest BCUT2D eigenvalue weighted by molar-refractivity contribution is 4.90. The summed E-state index contributed by atoms with van der Waals surface area (Å²) in [6.45, 7) is 4.80. The summed E-state index contributed by atoms with van der Waals surface area (Å²) in [4.78, 5) is 4.32. The molecule has 2 atom stereocenters. The molecule has 0 aliphatic carbocycles. The van der Waals surface area contributed by atoms with Gasteiger partial charge in [-0.15, -0.1) is 0 Å². The standard InChI is InChI=1S/C12H23N5O/c1-2-4-17-12(14-9-15-17)7-11(16-13)6-10-3-5-18-8-10/h9-11,16H,2-8,13H2,1H3. The molecule has 0 amide bonds. The molecule has 3 N–H and O–H groups in total. The lowest BCUT2D eigenvalue weighted by Crippen LogP contribution is -2.39. The van der Waals surface area contributed by atoms with Crippen LogP contribution in [0.3, 0.4) is 0 Å². The molecule has 1 aromatic rings. The molecule has 2 heterocycles.